The lowest BCUT2D eigenvalue weighted by Gasteiger charge is -2.16. The molecule has 0 N–H and O–H groups in total. The first kappa shape index (κ1) is 19.4. The first-order valence-corrected chi connectivity index (χ1v) is 10.5. The van der Waals surface area contributed by atoms with E-state index in [1.807, 2.05) is 36.4 Å². The molecule has 0 spiro atoms. The Balaban J connectivity index is 1.42. The van der Waals surface area contributed by atoms with E-state index in [1.54, 1.807) is 18.2 Å². The van der Waals surface area contributed by atoms with Crippen LogP contribution in [-0.4, -0.2) is 18.4 Å². The highest BCUT2D eigenvalue weighted by atomic mass is 32.1. The molecule has 2 heterocycles. The van der Waals surface area contributed by atoms with Gasteiger partial charge in [0.15, 0.2) is 12.4 Å². The monoisotopic (exact) mass is 406 g/mol. The average Bonchev–Trinajstić information content (AvgIpc) is 3.22. The number of ketones is 1. The minimum atomic E-state index is -0.480. The fraction of sp³-hybridized carbons (Fsp3) is 0.250. The summed E-state index contributed by atoms with van der Waals surface area (Å²) in [5.74, 6) is 0.587. The molecule has 1 aliphatic heterocycles. The van der Waals surface area contributed by atoms with Crippen molar-refractivity contribution >= 4 is 23.1 Å². The molecule has 5 heteroatoms. The van der Waals surface area contributed by atoms with Gasteiger partial charge in [0.1, 0.15) is 17.2 Å². The van der Waals surface area contributed by atoms with E-state index in [1.165, 1.54) is 16.9 Å². The van der Waals surface area contributed by atoms with Crippen LogP contribution in [0.25, 0.3) is 10.4 Å². The summed E-state index contributed by atoms with van der Waals surface area (Å²) in [7, 11) is 0. The molecule has 0 amide bonds. The van der Waals surface area contributed by atoms with Gasteiger partial charge in [-0.05, 0) is 36.1 Å². The molecule has 0 bridgehead atoms. The van der Waals surface area contributed by atoms with Gasteiger partial charge in [-0.2, -0.15) is 0 Å². The van der Waals surface area contributed by atoms with Crippen molar-refractivity contribution in [2.75, 3.05) is 6.61 Å². The molecule has 1 aliphatic rings. The van der Waals surface area contributed by atoms with E-state index in [0.29, 0.717) is 23.0 Å². The highest BCUT2D eigenvalue weighted by molar-refractivity contribution is 7.17. The first-order chi connectivity index (χ1) is 14.1. The molecule has 0 saturated carbocycles. The van der Waals surface area contributed by atoms with Gasteiger partial charge in [0.2, 0.25) is 0 Å². The lowest BCUT2D eigenvalue weighted by atomic mass is 9.97. The fourth-order valence-electron chi connectivity index (χ4n) is 3.32. The van der Waals surface area contributed by atoms with Crippen molar-refractivity contribution in [1.29, 1.82) is 0 Å². The second-order valence-corrected chi connectivity index (χ2v) is 8.23. The van der Waals surface area contributed by atoms with E-state index in [2.05, 4.69) is 13.8 Å². The maximum atomic E-state index is 12.5. The number of hydrogen-bond donors (Lipinski definition) is 0. The average molecular weight is 407 g/mol. The Morgan fingerprint density at radius 3 is 2.66 bits per heavy atom. The molecule has 0 radical (unpaired) electrons. The summed E-state index contributed by atoms with van der Waals surface area (Å²) in [5.41, 5.74) is 3.70. The molecule has 0 unspecified atom stereocenters. The van der Waals surface area contributed by atoms with Crippen molar-refractivity contribution in [3.63, 3.8) is 0 Å². The third-order valence-corrected chi connectivity index (χ3v) is 6.46. The summed E-state index contributed by atoms with van der Waals surface area (Å²) in [4.78, 5) is 26.4. The van der Waals surface area contributed by atoms with Gasteiger partial charge in [0, 0.05) is 21.6 Å². The number of benzene rings is 2. The fourth-order valence-corrected chi connectivity index (χ4v) is 4.41. The third kappa shape index (κ3) is 3.96. The van der Waals surface area contributed by atoms with Crippen molar-refractivity contribution in [1.82, 2.24) is 0 Å². The molecule has 0 saturated heterocycles. The van der Waals surface area contributed by atoms with E-state index < -0.39 is 5.97 Å². The number of rotatable bonds is 6. The Labute approximate surface area is 174 Å². The van der Waals surface area contributed by atoms with Crippen LogP contribution in [0.4, 0.5) is 0 Å². The SMILES string of the molecule is CC[C@@H](C)c1ccc(C(=O)COC(=O)c2cc3c(s2)-c2ccccc2OC3)cc1. The lowest BCUT2D eigenvalue weighted by molar-refractivity contribution is 0.0479. The Kier molecular flexibility index (Phi) is 5.49. The normalized spacial score (nSPS) is 13.0. The second-order valence-electron chi connectivity index (χ2n) is 7.18. The minimum absolute atomic E-state index is 0.205. The smallest absolute Gasteiger partial charge is 0.348 e. The van der Waals surface area contributed by atoms with Gasteiger partial charge in [-0.25, -0.2) is 4.79 Å². The van der Waals surface area contributed by atoms with E-state index in [4.69, 9.17) is 9.47 Å². The zero-order valence-electron chi connectivity index (χ0n) is 16.4. The number of Topliss-reactive ketones (excluding diaryl/α,β-unsaturated/α-hetero) is 1. The van der Waals surface area contributed by atoms with Gasteiger partial charge in [0.25, 0.3) is 0 Å². The molecule has 4 rings (SSSR count). The topological polar surface area (TPSA) is 52.6 Å². The summed E-state index contributed by atoms with van der Waals surface area (Å²) in [6.07, 6.45) is 1.05. The first-order valence-electron chi connectivity index (χ1n) is 9.72. The zero-order valence-corrected chi connectivity index (χ0v) is 17.3. The van der Waals surface area contributed by atoms with E-state index in [0.717, 1.165) is 28.2 Å². The van der Waals surface area contributed by atoms with Crippen LogP contribution in [-0.2, 0) is 11.3 Å². The highest BCUT2D eigenvalue weighted by Crippen LogP contribution is 2.42. The lowest BCUT2D eigenvalue weighted by Crippen LogP contribution is -2.13. The van der Waals surface area contributed by atoms with Crippen LogP contribution in [0.3, 0.4) is 0 Å². The molecule has 1 aromatic heterocycles. The Bertz CT molecular complexity index is 1050. The molecule has 0 aliphatic carbocycles. The van der Waals surface area contributed by atoms with Crippen molar-refractivity contribution in [2.45, 2.75) is 32.8 Å². The van der Waals surface area contributed by atoms with Crippen LogP contribution in [0.2, 0.25) is 0 Å². The Hall–Kier alpha value is -2.92. The number of para-hydroxylation sites is 1. The summed E-state index contributed by atoms with van der Waals surface area (Å²) < 4.78 is 11.0. The molecular weight excluding hydrogens is 384 g/mol. The molecule has 0 fully saturated rings. The molecule has 4 nitrogen and oxygen atoms in total. The molecule has 3 aromatic rings. The van der Waals surface area contributed by atoms with Gasteiger partial charge >= 0.3 is 5.97 Å². The molecule has 148 valence electrons. The van der Waals surface area contributed by atoms with Crippen molar-refractivity contribution in [2.24, 2.45) is 0 Å². The number of thiophene rings is 1. The standard InChI is InChI=1S/C24H22O4S/c1-3-15(2)16-8-10-17(11-9-16)20(25)14-28-24(26)22-12-18-13-27-21-7-5-4-6-19(21)23(18)29-22/h4-12,15H,3,13-14H2,1-2H3/t15-/m1/s1. The predicted octanol–water partition coefficient (Wildman–Crippen LogP) is 5.86. The summed E-state index contributed by atoms with van der Waals surface area (Å²) in [6.45, 7) is 4.45. The Morgan fingerprint density at radius 1 is 1.14 bits per heavy atom. The summed E-state index contributed by atoms with van der Waals surface area (Å²) >= 11 is 1.38. The van der Waals surface area contributed by atoms with Crippen LogP contribution in [0.5, 0.6) is 5.75 Å². The van der Waals surface area contributed by atoms with Gasteiger partial charge in [-0.3, -0.25) is 4.79 Å². The van der Waals surface area contributed by atoms with Crippen molar-refractivity contribution in [3.05, 3.63) is 76.2 Å². The van der Waals surface area contributed by atoms with Crippen LogP contribution in [0, 0.1) is 0 Å². The number of carbonyl (C=O) groups is 2. The number of carbonyl (C=O) groups excluding carboxylic acids is 2. The minimum Gasteiger partial charge on any atom is -0.488 e. The van der Waals surface area contributed by atoms with Crippen LogP contribution < -0.4 is 4.74 Å². The van der Waals surface area contributed by atoms with Gasteiger partial charge < -0.3 is 9.47 Å². The van der Waals surface area contributed by atoms with Gasteiger partial charge in [-0.15, -0.1) is 11.3 Å². The van der Waals surface area contributed by atoms with E-state index in [9.17, 15) is 9.59 Å². The molecule has 29 heavy (non-hydrogen) atoms. The Morgan fingerprint density at radius 2 is 1.90 bits per heavy atom. The quantitative estimate of drug-likeness (QED) is 0.380. The third-order valence-electron chi connectivity index (χ3n) is 5.27. The number of esters is 1. The largest absolute Gasteiger partial charge is 0.488 e. The maximum absolute atomic E-state index is 12.5. The van der Waals surface area contributed by atoms with Gasteiger partial charge in [0.05, 0.1) is 0 Å². The summed E-state index contributed by atoms with van der Waals surface area (Å²) in [6, 6.07) is 17.1. The second kappa shape index (κ2) is 8.21. The molecule has 2 aromatic carbocycles. The summed E-state index contributed by atoms with van der Waals surface area (Å²) in [5, 5.41) is 0. The van der Waals surface area contributed by atoms with Crippen LogP contribution in [0.15, 0.2) is 54.6 Å². The van der Waals surface area contributed by atoms with E-state index >= 15 is 0 Å². The number of ether oxygens (including phenoxy) is 2. The molecule has 1 atom stereocenters. The van der Waals surface area contributed by atoms with Crippen molar-refractivity contribution < 1.29 is 19.1 Å². The molecular formula is C24H22O4S. The van der Waals surface area contributed by atoms with Gasteiger partial charge in [-0.1, -0.05) is 50.2 Å². The van der Waals surface area contributed by atoms with Crippen LogP contribution in [0.1, 0.15) is 57.3 Å². The highest BCUT2D eigenvalue weighted by Gasteiger charge is 2.23. The van der Waals surface area contributed by atoms with E-state index in [-0.39, 0.29) is 12.4 Å². The number of hydrogen-bond acceptors (Lipinski definition) is 5. The van der Waals surface area contributed by atoms with Crippen LogP contribution >= 0.6 is 11.3 Å². The predicted molar refractivity (Wildman–Crippen MR) is 114 cm³/mol. The maximum Gasteiger partial charge on any atom is 0.348 e. The number of fused-ring (bicyclic) bond motifs is 3. The van der Waals surface area contributed by atoms with Crippen molar-refractivity contribution in [3.8, 4) is 16.2 Å². The zero-order chi connectivity index (χ0) is 20.4.